The first-order chi connectivity index (χ1) is 7.73. The summed E-state index contributed by atoms with van der Waals surface area (Å²) >= 11 is 0. The van der Waals surface area contributed by atoms with Gasteiger partial charge in [0.25, 0.3) is 0 Å². The van der Waals surface area contributed by atoms with E-state index in [4.69, 9.17) is 14.6 Å². The molecule has 0 aliphatic carbocycles. The molecule has 1 aliphatic heterocycles. The highest BCUT2D eigenvalue weighted by Gasteiger charge is 2.38. The zero-order chi connectivity index (χ0) is 13.5. The fourth-order valence-electron chi connectivity index (χ4n) is 0.850. The van der Waals surface area contributed by atoms with Gasteiger partial charge < -0.3 is 15.2 Å². The summed E-state index contributed by atoms with van der Waals surface area (Å²) < 4.78 is 37.3. The van der Waals surface area contributed by atoms with Crippen LogP contribution in [0.5, 0.6) is 0 Å². The summed E-state index contributed by atoms with van der Waals surface area (Å²) in [6.07, 6.45) is -3.38. The normalized spacial score (nSPS) is 16.1. The van der Waals surface area contributed by atoms with Crippen molar-refractivity contribution in [1.29, 1.82) is 0 Å². The van der Waals surface area contributed by atoms with Gasteiger partial charge in [0.05, 0.1) is 6.10 Å². The molecule has 0 atom stereocenters. The van der Waals surface area contributed by atoms with E-state index in [-0.39, 0.29) is 0 Å². The second-order valence-corrected chi connectivity index (χ2v) is 4.14. The Kier molecular flexibility index (Phi) is 7.13. The van der Waals surface area contributed by atoms with Gasteiger partial charge in [-0.2, -0.15) is 13.2 Å². The number of carboxylic acids is 1. The van der Waals surface area contributed by atoms with Crippen LogP contribution in [0.2, 0.25) is 0 Å². The van der Waals surface area contributed by atoms with Crippen LogP contribution in [0, 0.1) is 5.92 Å². The summed E-state index contributed by atoms with van der Waals surface area (Å²) in [5.41, 5.74) is 0. The van der Waals surface area contributed by atoms with Crippen molar-refractivity contribution < 1.29 is 27.8 Å². The third-order valence-electron chi connectivity index (χ3n) is 2.04. The Morgan fingerprint density at radius 1 is 1.47 bits per heavy atom. The van der Waals surface area contributed by atoms with Crippen LogP contribution in [-0.2, 0) is 9.53 Å². The van der Waals surface area contributed by atoms with E-state index in [9.17, 15) is 13.2 Å². The Labute approximate surface area is 98.1 Å². The van der Waals surface area contributed by atoms with Crippen molar-refractivity contribution in [2.24, 2.45) is 5.92 Å². The molecule has 1 aliphatic rings. The summed E-state index contributed by atoms with van der Waals surface area (Å²) in [6, 6.07) is 0. The molecule has 1 rings (SSSR count). The fraction of sp³-hybridized carbons (Fsp3) is 0.900. The van der Waals surface area contributed by atoms with Crippen molar-refractivity contribution in [1.82, 2.24) is 5.32 Å². The Morgan fingerprint density at radius 2 is 1.94 bits per heavy atom. The fourth-order valence-corrected chi connectivity index (χ4v) is 0.850. The highest BCUT2D eigenvalue weighted by atomic mass is 19.4. The number of ether oxygens (including phenoxy) is 1. The summed E-state index contributed by atoms with van der Waals surface area (Å²) in [6.45, 7) is 7.49. The molecule has 0 amide bonds. The maximum absolute atomic E-state index is 10.6. The van der Waals surface area contributed by atoms with E-state index in [1.54, 1.807) is 0 Å². The van der Waals surface area contributed by atoms with Crippen molar-refractivity contribution in [3.63, 3.8) is 0 Å². The van der Waals surface area contributed by atoms with Gasteiger partial charge in [0.1, 0.15) is 0 Å². The number of halogens is 3. The van der Waals surface area contributed by atoms with Crippen molar-refractivity contribution >= 4 is 5.97 Å². The lowest BCUT2D eigenvalue weighted by Gasteiger charge is -2.27. The van der Waals surface area contributed by atoms with Gasteiger partial charge in [-0.15, -0.1) is 0 Å². The molecule has 0 saturated carbocycles. The van der Waals surface area contributed by atoms with Crippen molar-refractivity contribution in [2.45, 2.75) is 32.5 Å². The molecule has 102 valence electrons. The van der Waals surface area contributed by atoms with Crippen molar-refractivity contribution in [2.75, 3.05) is 19.7 Å². The van der Waals surface area contributed by atoms with E-state index < -0.39 is 12.1 Å². The van der Waals surface area contributed by atoms with Crippen LogP contribution >= 0.6 is 0 Å². The van der Waals surface area contributed by atoms with Gasteiger partial charge in [0.2, 0.25) is 0 Å². The quantitative estimate of drug-likeness (QED) is 0.804. The van der Waals surface area contributed by atoms with E-state index in [0.717, 1.165) is 25.6 Å². The first-order valence-electron chi connectivity index (χ1n) is 5.36. The molecule has 0 aromatic carbocycles. The second kappa shape index (κ2) is 7.50. The van der Waals surface area contributed by atoms with Gasteiger partial charge in [-0.25, -0.2) is 4.79 Å². The SMILES string of the molecule is CC(C)CCOC1CNC1.O=C(O)C(F)(F)F. The summed E-state index contributed by atoms with van der Waals surface area (Å²) in [4.78, 5) is 8.90. The molecule has 0 spiro atoms. The largest absolute Gasteiger partial charge is 0.490 e. The smallest absolute Gasteiger partial charge is 0.475 e. The van der Waals surface area contributed by atoms with Gasteiger partial charge in [-0.3, -0.25) is 0 Å². The number of hydrogen-bond acceptors (Lipinski definition) is 3. The van der Waals surface area contributed by atoms with Gasteiger partial charge in [-0.05, 0) is 12.3 Å². The lowest BCUT2D eigenvalue weighted by Crippen LogP contribution is -2.48. The molecule has 0 bridgehead atoms. The Morgan fingerprint density at radius 3 is 2.18 bits per heavy atom. The van der Waals surface area contributed by atoms with Gasteiger partial charge in [0, 0.05) is 19.7 Å². The molecule has 17 heavy (non-hydrogen) atoms. The molecule has 0 radical (unpaired) electrons. The highest BCUT2D eigenvalue weighted by Crippen LogP contribution is 2.13. The Bertz CT molecular complexity index is 227. The lowest BCUT2D eigenvalue weighted by atomic mass is 10.1. The van der Waals surface area contributed by atoms with Crippen molar-refractivity contribution in [3.05, 3.63) is 0 Å². The van der Waals surface area contributed by atoms with E-state index in [2.05, 4.69) is 19.2 Å². The first kappa shape index (κ1) is 16.2. The summed E-state index contributed by atoms with van der Waals surface area (Å²) in [7, 11) is 0. The second-order valence-electron chi connectivity index (χ2n) is 4.14. The standard InChI is InChI=1S/C8H17NO.C2HF3O2/c1-7(2)3-4-10-8-5-9-6-8;3-2(4,5)1(6)7/h7-9H,3-6H2,1-2H3;(H,6,7). The molecule has 0 aromatic heterocycles. The summed E-state index contributed by atoms with van der Waals surface area (Å²) in [5.74, 6) is -1.99. The Hall–Kier alpha value is -0.820. The number of alkyl halides is 3. The van der Waals surface area contributed by atoms with Gasteiger partial charge in [0.15, 0.2) is 0 Å². The number of carbonyl (C=O) groups is 1. The number of carboxylic acid groups (broad SMARTS) is 1. The average Bonchev–Trinajstić information content (AvgIpc) is 2.08. The Balaban J connectivity index is 0.000000325. The highest BCUT2D eigenvalue weighted by molar-refractivity contribution is 5.73. The lowest BCUT2D eigenvalue weighted by molar-refractivity contribution is -0.192. The van der Waals surface area contributed by atoms with Gasteiger partial charge >= 0.3 is 12.1 Å². The molecule has 0 unspecified atom stereocenters. The minimum Gasteiger partial charge on any atom is -0.475 e. The number of rotatable bonds is 4. The van der Waals surface area contributed by atoms with Gasteiger partial charge in [-0.1, -0.05) is 13.8 Å². The molecule has 1 heterocycles. The minimum atomic E-state index is -5.08. The molecular formula is C10H18F3NO3. The zero-order valence-electron chi connectivity index (χ0n) is 9.88. The average molecular weight is 257 g/mol. The molecule has 2 N–H and O–H groups in total. The number of nitrogens with one attached hydrogen (secondary N) is 1. The van der Waals surface area contributed by atoms with Crippen LogP contribution < -0.4 is 5.32 Å². The third kappa shape index (κ3) is 8.93. The van der Waals surface area contributed by atoms with Crippen LogP contribution in [0.4, 0.5) is 13.2 Å². The monoisotopic (exact) mass is 257 g/mol. The van der Waals surface area contributed by atoms with E-state index in [1.165, 1.54) is 6.42 Å². The predicted octanol–water partition coefficient (Wildman–Crippen LogP) is 1.65. The van der Waals surface area contributed by atoms with E-state index in [1.807, 2.05) is 0 Å². The van der Waals surface area contributed by atoms with E-state index >= 15 is 0 Å². The number of aliphatic carboxylic acids is 1. The van der Waals surface area contributed by atoms with Crippen LogP contribution in [0.25, 0.3) is 0 Å². The van der Waals surface area contributed by atoms with Crippen LogP contribution in [0.15, 0.2) is 0 Å². The van der Waals surface area contributed by atoms with Crippen molar-refractivity contribution in [3.8, 4) is 0 Å². The molecule has 0 aromatic rings. The molecule has 4 nitrogen and oxygen atoms in total. The first-order valence-corrected chi connectivity index (χ1v) is 5.36. The van der Waals surface area contributed by atoms with Crippen LogP contribution in [0.3, 0.4) is 0 Å². The molecule has 1 fully saturated rings. The maximum atomic E-state index is 10.6. The molecule has 7 heteroatoms. The summed E-state index contributed by atoms with van der Waals surface area (Å²) in [5, 5.41) is 10.3. The molecule has 1 saturated heterocycles. The molecular weight excluding hydrogens is 239 g/mol. The topological polar surface area (TPSA) is 58.6 Å². The van der Waals surface area contributed by atoms with Crippen LogP contribution in [0.1, 0.15) is 20.3 Å². The number of hydrogen-bond donors (Lipinski definition) is 2. The zero-order valence-corrected chi connectivity index (χ0v) is 9.88. The maximum Gasteiger partial charge on any atom is 0.490 e. The third-order valence-corrected chi connectivity index (χ3v) is 2.04. The van der Waals surface area contributed by atoms with E-state index in [0.29, 0.717) is 6.10 Å². The minimum absolute atomic E-state index is 0.513. The predicted molar refractivity (Wildman–Crippen MR) is 55.8 cm³/mol. The van der Waals surface area contributed by atoms with Crippen LogP contribution in [-0.4, -0.2) is 43.1 Å².